The zero-order valence-electron chi connectivity index (χ0n) is 11.3. The molecule has 0 unspecified atom stereocenters. The fourth-order valence-electron chi connectivity index (χ4n) is 1.54. The lowest BCUT2D eigenvalue weighted by Gasteiger charge is -2.15. The second-order valence-corrected chi connectivity index (χ2v) is 7.92. The van der Waals surface area contributed by atoms with Crippen LogP contribution < -0.4 is 0 Å². The molecular formula is C13H10AlCl3O5. The highest BCUT2D eigenvalue weighted by Gasteiger charge is 2.33. The van der Waals surface area contributed by atoms with E-state index in [1.165, 1.54) is 0 Å². The molecule has 0 saturated carbocycles. The molecule has 0 bridgehead atoms. The van der Waals surface area contributed by atoms with Crippen molar-refractivity contribution in [3.05, 3.63) is 41.5 Å². The number of ether oxygens (including phenoxy) is 1. The normalized spacial score (nSPS) is 11.3. The van der Waals surface area contributed by atoms with Gasteiger partial charge in [-0.3, -0.25) is 9.59 Å². The van der Waals surface area contributed by atoms with E-state index in [2.05, 4.69) is 0 Å². The molecule has 0 aliphatic carbocycles. The van der Waals surface area contributed by atoms with Gasteiger partial charge in [0.1, 0.15) is 5.76 Å². The molecule has 116 valence electrons. The first-order valence-corrected chi connectivity index (χ1v) is 10.4. The third-order valence-corrected chi connectivity index (χ3v) is 3.48. The van der Waals surface area contributed by atoms with E-state index in [1.807, 2.05) is 0 Å². The minimum atomic E-state index is -2.72. The highest BCUT2D eigenvalue weighted by atomic mass is 35.7. The lowest BCUT2D eigenvalue weighted by Crippen LogP contribution is -2.23. The lowest BCUT2D eigenvalue weighted by molar-refractivity contribution is -0.141. The van der Waals surface area contributed by atoms with Crippen molar-refractivity contribution in [3.63, 3.8) is 0 Å². The van der Waals surface area contributed by atoms with Gasteiger partial charge < -0.3 is 8.53 Å². The van der Waals surface area contributed by atoms with Crippen molar-refractivity contribution in [1.29, 1.82) is 0 Å². The Kier molecular flexibility index (Phi) is 7.94. The third-order valence-electron chi connectivity index (χ3n) is 2.36. The molecule has 1 aromatic rings. The predicted molar refractivity (Wildman–Crippen MR) is 84.4 cm³/mol. The number of esters is 1. The maximum Gasteiger partial charge on any atom is 0.815 e. The molecule has 0 radical (unpaired) electrons. The van der Waals surface area contributed by atoms with Crippen LogP contribution in [0.15, 0.2) is 35.9 Å². The first kappa shape index (κ1) is 19.0. The summed E-state index contributed by atoms with van der Waals surface area (Å²) in [4.78, 5) is 35.2. The predicted octanol–water partition coefficient (Wildman–Crippen LogP) is 2.77. The van der Waals surface area contributed by atoms with E-state index >= 15 is 0 Å². The van der Waals surface area contributed by atoms with Crippen molar-refractivity contribution in [2.75, 3.05) is 6.61 Å². The summed E-state index contributed by atoms with van der Waals surface area (Å²) in [7, 11) is 11.4. The van der Waals surface area contributed by atoms with Gasteiger partial charge in [0, 0.05) is 5.56 Å². The summed E-state index contributed by atoms with van der Waals surface area (Å²) in [5, 5.41) is -1.34. The van der Waals surface area contributed by atoms with E-state index in [4.69, 9.17) is 40.2 Å². The Labute approximate surface area is 144 Å². The van der Waals surface area contributed by atoms with E-state index in [-0.39, 0.29) is 12.4 Å². The fourth-order valence-corrected chi connectivity index (χ4v) is 2.60. The Bertz CT molecular complexity index is 601. The number of hydrogen-bond acceptors (Lipinski definition) is 5. The molecule has 0 aliphatic rings. The summed E-state index contributed by atoms with van der Waals surface area (Å²) < 4.78 is 10.0. The van der Waals surface area contributed by atoms with E-state index < -0.39 is 35.2 Å². The molecule has 0 spiro atoms. The number of carbonyl (C=O) groups excluding carboxylic acids is 3. The lowest BCUT2D eigenvalue weighted by atomic mass is 10.1. The van der Waals surface area contributed by atoms with Crippen LogP contribution in [0.25, 0.3) is 5.76 Å². The molecule has 0 saturated heterocycles. The third kappa shape index (κ3) is 5.31. The maximum absolute atomic E-state index is 12.0. The number of carbonyl (C=O) groups is 3. The second-order valence-electron chi connectivity index (χ2n) is 3.77. The number of benzene rings is 1. The van der Waals surface area contributed by atoms with Crippen LogP contribution in [-0.2, 0) is 22.9 Å². The molecule has 5 nitrogen and oxygen atoms in total. The van der Waals surface area contributed by atoms with Crippen molar-refractivity contribution in [3.8, 4) is 0 Å². The minimum Gasteiger partial charge on any atom is -0.619 e. The summed E-state index contributed by atoms with van der Waals surface area (Å²) in [5.41, 5.74) is -0.289. The standard InChI is InChI=1S/C13H11ClO5.Al.2ClH/c1-2-19-13(18)9(11(16)12(14)17)10(15)8-6-4-3-5-7-8;;;/h3-7,15H,2H2,1H3;;2*1H/q;+3;;/p-3/b10-9-;;;. The summed E-state index contributed by atoms with van der Waals surface area (Å²) in [6.45, 7) is 1.54. The van der Waals surface area contributed by atoms with Crippen LogP contribution in [0.5, 0.6) is 0 Å². The van der Waals surface area contributed by atoms with Crippen LogP contribution in [0.3, 0.4) is 0 Å². The summed E-state index contributed by atoms with van der Waals surface area (Å²) >= 11 is 2.48. The van der Waals surface area contributed by atoms with Crippen LogP contribution in [0, 0.1) is 0 Å². The molecule has 0 amide bonds. The Hall–Kier alpha value is -1.03. The van der Waals surface area contributed by atoms with Crippen LogP contribution in [0.2, 0.25) is 0 Å². The van der Waals surface area contributed by atoms with Crippen LogP contribution in [0.4, 0.5) is 0 Å². The van der Waals surface area contributed by atoms with Crippen LogP contribution in [0.1, 0.15) is 12.5 Å². The van der Waals surface area contributed by atoms with Crippen molar-refractivity contribution in [2.45, 2.75) is 6.92 Å². The van der Waals surface area contributed by atoms with E-state index in [1.54, 1.807) is 37.3 Å². The fraction of sp³-hybridized carbons (Fsp3) is 0.154. The maximum atomic E-state index is 12.0. The first-order valence-electron chi connectivity index (χ1n) is 6.04. The van der Waals surface area contributed by atoms with Gasteiger partial charge in [-0.05, 0) is 18.5 Å². The Morgan fingerprint density at radius 3 is 2.18 bits per heavy atom. The summed E-state index contributed by atoms with van der Waals surface area (Å²) in [6.07, 6.45) is 0. The molecule has 0 N–H and O–H groups in total. The number of halogens is 3. The highest BCUT2D eigenvalue weighted by Crippen LogP contribution is 2.25. The average molecular weight is 380 g/mol. The highest BCUT2D eigenvalue weighted by molar-refractivity contribution is 7.31. The van der Waals surface area contributed by atoms with Gasteiger partial charge in [-0.1, -0.05) is 30.3 Å². The zero-order valence-corrected chi connectivity index (χ0v) is 14.8. The smallest absolute Gasteiger partial charge is 0.619 e. The second kappa shape index (κ2) is 9.19. The number of rotatable bonds is 7. The summed E-state index contributed by atoms with van der Waals surface area (Å²) in [6, 6.07) is 8.13. The zero-order chi connectivity index (χ0) is 16.7. The number of Topliss-reactive ketones (excluding diaryl/α,β-unsaturated/α-hetero) is 1. The van der Waals surface area contributed by atoms with Crippen LogP contribution >= 0.6 is 31.7 Å². The SMILES string of the molecule is CCOC(=O)/C(C(=O)C(=O)Cl)=C(\[O][Al]([Cl])[Cl])c1ccccc1. The van der Waals surface area contributed by atoms with Crippen molar-refractivity contribution >= 4 is 67.1 Å². The molecule has 9 heteroatoms. The molecule has 1 rings (SSSR count). The van der Waals surface area contributed by atoms with Gasteiger partial charge in [0.2, 0.25) is 0 Å². The quantitative estimate of drug-likeness (QED) is 0.106. The van der Waals surface area contributed by atoms with Crippen molar-refractivity contribution in [1.82, 2.24) is 0 Å². The molecule has 0 heterocycles. The van der Waals surface area contributed by atoms with Gasteiger partial charge in [0.25, 0.3) is 11.0 Å². The van der Waals surface area contributed by atoms with Gasteiger partial charge >= 0.3 is 18.6 Å². The largest absolute Gasteiger partial charge is 0.815 e. The van der Waals surface area contributed by atoms with E-state index in [9.17, 15) is 14.4 Å². The van der Waals surface area contributed by atoms with Crippen LogP contribution in [-0.4, -0.2) is 36.2 Å². The molecule has 0 aliphatic heterocycles. The minimum absolute atomic E-state index is 0.00321. The van der Waals surface area contributed by atoms with Gasteiger partial charge in [-0.2, -0.15) is 20.1 Å². The number of hydrogen-bond donors (Lipinski definition) is 0. The monoisotopic (exact) mass is 378 g/mol. The molecule has 0 aromatic heterocycles. The number of ketones is 1. The first-order chi connectivity index (χ1) is 10.4. The van der Waals surface area contributed by atoms with Crippen molar-refractivity contribution in [2.24, 2.45) is 0 Å². The van der Waals surface area contributed by atoms with Gasteiger partial charge in [-0.25, -0.2) is 4.79 Å². The van der Waals surface area contributed by atoms with Crippen molar-refractivity contribution < 1.29 is 22.9 Å². The molecule has 0 atom stereocenters. The summed E-state index contributed by atoms with van der Waals surface area (Å²) in [5.74, 6) is -2.51. The van der Waals surface area contributed by atoms with Gasteiger partial charge in [-0.15, -0.1) is 0 Å². The van der Waals surface area contributed by atoms with E-state index in [0.717, 1.165) is 0 Å². The Morgan fingerprint density at radius 2 is 1.73 bits per heavy atom. The molecule has 22 heavy (non-hydrogen) atoms. The molecule has 0 fully saturated rings. The van der Waals surface area contributed by atoms with Gasteiger partial charge in [0.05, 0.1) is 6.61 Å². The molecular weight excluding hydrogens is 369 g/mol. The topological polar surface area (TPSA) is 69.7 Å². The Balaban J connectivity index is 3.53. The Morgan fingerprint density at radius 1 is 1.14 bits per heavy atom. The average Bonchev–Trinajstić information content (AvgIpc) is 2.47. The molecule has 1 aromatic carbocycles. The van der Waals surface area contributed by atoms with Gasteiger partial charge in [0.15, 0.2) is 5.57 Å². The van der Waals surface area contributed by atoms with E-state index in [0.29, 0.717) is 5.56 Å².